The van der Waals surface area contributed by atoms with Crippen LogP contribution in [0.4, 0.5) is 5.69 Å². The highest BCUT2D eigenvalue weighted by atomic mass is 32.2. The zero-order valence-corrected chi connectivity index (χ0v) is 17.4. The van der Waals surface area contributed by atoms with E-state index in [0.29, 0.717) is 20.9 Å². The van der Waals surface area contributed by atoms with E-state index in [9.17, 15) is 18.0 Å². The van der Waals surface area contributed by atoms with Crippen LogP contribution in [0.15, 0.2) is 64.5 Å². The van der Waals surface area contributed by atoms with Gasteiger partial charge in [-0.2, -0.15) is 9.61 Å². The van der Waals surface area contributed by atoms with Crippen molar-refractivity contribution in [2.75, 3.05) is 11.9 Å². The molecule has 0 saturated carbocycles. The van der Waals surface area contributed by atoms with Crippen LogP contribution in [0.25, 0.3) is 11.0 Å². The average molecular weight is 457 g/mol. The van der Waals surface area contributed by atoms with Crippen LogP contribution < -0.4 is 25.3 Å². The zero-order chi connectivity index (χ0) is 22.0. The topological polar surface area (TPSA) is 146 Å². The summed E-state index contributed by atoms with van der Waals surface area (Å²) in [5, 5.41) is 11.5. The highest BCUT2D eigenvalue weighted by Crippen LogP contribution is 2.14. The molecular formula is C19H15N5O5S2. The van der Waals surface area contributed by atoms with Crippen LogP contribution >= 0.6 is 11.3 Å². The molecular weight excluding hydrogens is 442 g/mol. The molecule has 4 aromatic rings. The molecule has 0 fully saturated rings. The minimum atomic E-state index is -3.79. The van der Waals surface area contributed by atoms with Crippen LogP contribution in [0.5, 0.6) is 5.75 Å². The van der Waals surface area contributed by atoms with Gasteiger partial charge in [-0.1, -0.05) is 23.5 Å². The first kappa shape index (κ1) is 20.7. The molecule has 31 heavy (non-hydrogen) atoms. The molecule has 0 radical (unpaired) electrons. The fourth-order valence-corrected chi connectivity index (χ4v) is 4.06. The minimum Gasteiger partial charge on any atom is -0.484 e. The van der Waals surface area contributed by atoms with Gasteiger partial charge in [-0.15, -0.1) is 0 Å². The van der Waals surface area contributed by atoms with Crippen LogP contribution in [0.1, 0.15) is 5.56 Å². The number of amides is 1. The number of thiazole rings is 1. The molecule has 0 spiro atoms. The average Bonchev–Trinajstić information content (AvgIpc) is 3.30. The standard InChI is InChI=1S/C19H15N5O5S2/c20-31(27,28)15-7-3-13(4-8-15)23-17(25)10-29-14-5-1-12(2-6-14)9-16-18(26)24-19(30-16)21-11-22-24/h1-9,11H,10H2,(H,23,25)(H2,20,27,28)/b16-9-. The van der Waals surface area contributed by atoms with Gasteiger partial charge in [0, 0.05) is 5.69 Å². The molecule has 1 amide bonds. The molecule has 0 aliphatic carbocycles. The Bertz CT molecular complexity index is 1460. The molecule has 2 aromatic heterocycles. The number of hydrogen-bond acceptors (Lipinski definition) is 8. The lowest BCUT2D eigenvalue weighted by Gasteiger charge is -2.08. The first-order chi connectivity index (χ1) is 14.8. The lowest BCUT2D eigenvalue weighted by atomic mass is 10.2. The third-order valence-electron chi connectivity index (χ3n) is 4.14. The van der Waals surface area contributed by atoms with Gasteiger partial charge in [0.15, 0.2) is 6.61 Å². The number of primary sulfonamides is 1. The zero-order valence-electron chi connectivity index (χ0n) is 15.8. The summed E-state index contributed by atoms with van der Waals surface area (Å²) in [7, 11) is -3.79. The number of nitrogens with one attached hydrogen (secondary N) is 1. The Morgan fingerprint density at radius 2 is 1.87 bits per heavy atom. The number of nitrogens with zero attached hydrogens (tertiary/aromatic N) is 3. The maximum atomic E-state index is 12.2. The summed E-state index contributed by atoms with van der Waals surface area (Å²) in [6.45, 7) is -0.238. The second-order valence-corrected chi connectivity index (χ2v) is 8.92. The normalized spacial score (nSPS) is 12.2. The van der Waals surface area contributed by atoms with Gasteiger partial charge in [-0.05, 0) is 48.0 Å². The lowest BCUT2D eigenvalue weighted by Crippen LogP contribution is -2.23. The van der Waals surface area contributed by atoms with Crippen molar-refractivity contribution < 1.29 is 17.9 Å². The molecule has 158 valence electrons. The molecule has 0 saturated heterocycles. The Balaban J connectivity index is 1.36. The minimum absolute atomic E-state index is 0.0457. The smallest absolute Gasteiger partial charge is 0.291 e. The Kier molecular flexibility index (Phi) is 5.50. The first-order valence-electron chi connectivity index (χ1n) is 8.79. The van der Waals surface area contributed by atoms with Gasteiger partial charge in [0.2, 0.25) is 15.0 Å². The number of rotatable bonds is 6. The third kappa shape index (κ3) is 4.77. The van der Waals surface area contributed by atoms with Crippen LogP contribution in [0.2, 0.25) is 0 Å². The molecule has 3 N–H and O–H groups in total. The van der Waals surface area contributed by atoms with E-state index in [4.69, 9.17) is 9.88 Å². The summed E-state index contributed by atoms with van der Waals surface area (Å²) in [6.07, 6.45) is 3.06. The van der Waals surface area contributed by atoms with Gasteiger partial charge < -0.3 is 10.1 Å². The van der Waals surface area contributed by atoms with E-state index in [1.165, 1.54) is 46.4 Å². The van der Waals surface area contributed by atoms with E-state index < -0.39 is 15.9 Å². The fraction of sp³-hybridized carbons (Fsp3) is 0.0526. The summed E-state index contributed by atoms with van der Waals surface area (Å²) in [5.41, 5.74) is 0.969. The first-order valence-corrected chi connectivity index (χ1v) is 11.2. The van der Waals surface area contributed by atoms with Crippen molar-refractivity contribution in [1.29, 1.82) is 0 Å². The number of nitrogens with two attached hydrogens (primary N) is 1. The van der Waals surface area contributed by atoms with Crippen molar-refractivity contribution in [2.24, 2.45) is 5.14 Å². The predicted molar refractivity (Wildman–Crippen MR) is 114 cm³/mol. The van der Waals surface area contributed by atoms with Crippen molar-refractivity contribution in [3.63, 3.8) is 0 Å². The number of carbonyl (C=O) groups excluding carboxylic acids is 1. The lowest BCUT2D eigenvalue weighted by molar-refractivity contribution is -0.118. The number of fused-ring (bicyclic) bond motifs is 1. The maximum absolute atomic E-state index is 12.2. The Labute approximate surface area is 179 Å². The molecule has 4 rings (SSSR count). The van der Waals surface area contributed by atoms with Gasteiger partial charge in [-0.25, -0.2) is 18.5 Å². The second-order valence-electron chi connectivity index (χ2n) is 6.35. The number of sulfonamides is 1. The van der Waals surface area contributed by atoms with Crippen LogP contribution in [0, 0.1) is 0 Å². The molecule has 12 heteroatoms. The molecule has 0 unspecified atom stereocenters. The van der Waals surface area contributed by atoms with Crippen molar-refractivity contribution in [1.82, 2.24) is 14.6 Å². The molecule has 2 aromatic carbocycles. The Morgan fingerprint density at radius 1 is 1.16 bits per heavy atom. The predicted octanol–water partition coefficient (Wildman–Crippen LogP) is 0.364. The monoisotopic (exact) mass is 457 g/mol. The van der Waals surface area contributed by atoms with Crippen molar-refractivity contribution in [3.05, 3.63) is 75.3 Å². The summed E-state index contributed by atoms with van der Waals surface area (Å²) in [4.78, 5) is 28.7. The van der Waals surface area contributed by atoms with E-state index in [-0.39, 0.29) is 17.1 Å². The number of anilines is 1. The number of hydrogen-bond donors (Lipinski definition) is 2. The van der Waals surface area contributed by atoms with Crippen LogP contribution in [-0.4, -0.2) is 35.5 Å². The van der Waals surface area contributed by atoms with Gasteiger partial charge in [0.05, 0.1) is 9.43 Å². The summed E-state index contributed by atoms with van der Waals surface area (Å²) in [6, 6.07) is 12.4. The van der Waals surface area contributed by atoms with Gasteiger partial charge in [0.1, 0.15) is 12.1 Å². The molecule has 10 nitrogen and oxygen atoms in total. The number of carbonyl (C=O) groups is 1. The van der Waals surface area contributed by atoms with Crippen LogP contribution in [0.3, 0.4) is 0 Å². The molecule has 0 aliphatic rings. The largest absolute Gasteiger partial charge is 0.484 e. The van der Waals surface area contributed by atoms with Gasteiger partial charge in [-0.3, -0.25) is 9.59 Å². The van der Waals surface area contributed by atoms with E-state index in [0.717, 1.165) is 5.56 Å². The van der Waals surface area contributed by atoms with Crippen LogP contribution in [-0.2, 0) is 14.8 Å². The highest BCUT2D eigenvalue weighted by Gasteiger charge is 2.09. The quantitative estimate of drug-likeness (QED) is 0.425. The van der Waals surface area contributed by atoms with Crippen molar-refractivity contribution >= 4 is 44.0 Å². The number of ether oxygens (including phenoxy) is 1. The summed E-state index contributed by atoms with van der Waals surface area (Å²) >= 11 is 1.24. The SMILES string of the molecule is NS(=O)(=O)c1ccc(NC(=O)COc2ccc(/C=c3\sc4ncnn4c3=O)cc2)cc1. The highest BCUT2D eigenvalue weighted by molar-refractivity contribution is 7.89. The number of benzene rings is 2. The van der Waals surface area contributed by atoms with Crippen molar-refractivity contribution in [3.8, 4) is 5.75 Å². The molecule has 0 bridgehead atoms. The van der Waals surface area contributed by atoms with E-state index in [1.54, 1.807) is 30.3 Å². The Hall–Kier alpha value is -3.61. The second kappa shape index (κ2) is 8.26. The van der Waals surface area contributed by atoms with E-state index >= 15 is 0 Å². The maximum Gasteiger partial charge on any atom is 0.291 e. The third-order valence-corrected chi connectivity index (χ3v) is 6.04. The molecule has 0 aliphatic heterocycles. The van der Waals surface area contributed by atoms with Crippen molar-refractivity contribution in [2.45, 2.75) is 4.90 Å². The fourth-order valence-electron chi connectivity index (χ4n) is 2.66. The summed E-state index contributed by atoms with van der Waals surface area (Å²) in [5.74, 6) is 0.0614. The van der Waals surface area contributed by atoms with E-state index in [2.05, 4.69) is 15.4 Å². The number of aromatic nitrogens is 3. The van der Waals surface area contributed by atoms with Gasteiger partial charge >= 0.3 is 0 Å². The summed E-state index contributed by atoms with van der Waals surface area (Å²) < 4.78 is 29.7. The van der Waals surface area contributed by atoms with E-state index in [1.807, 2.05) is 0 Å². The molecule has 0 atom stereocenters. The van der Waals surface area contributed by atoms with Gasteiger partial charge in [0.25, 0.3) is 11.5 Å². The Morgan fingerprint density at radius 3 is 2.52 bits per heavy atom. The molecule has 2 heterocycles.